The zero-order valence-electron chi connectivity index (χ0n) is 29.9. The van der Waals surface area contributed by atoms with Gasteiger partial charge in [0.1, 0.15) is 0 Å². The van der Waals surface area contributed by atoms with E-state index >= 15 is 0 Å². The van der Waals surface area contributed by atoms with E-state index in [2.05, 4.69) is 93.0 Å². The molecule has 0 saturated carbocycles. The summed E-state index contributed by atoms with van der Waals surface area (Å²) in [6.07, 6.45) is 13.8. The van der Waals surface area contributed by atoms with Crippen molar-refractivity contribution in [3.63, 3.8) is 0 Å². The molecule has 6 heteroatoms. The lowest BCUT2D eigenvalue weighted by atomic mass is 9.86. The Hall–Kier alpha value is -5.88. The van der Waals surface area contributed by atoms with Crippen LogP contribution in [0.4, 0.5) is 0 Å². The van der Waals surface area contributed by atoms with E-state index in [-0.39, 0.29) is 0 Å². The Balaban J connectivity index is 0.000000138. The van der Waals surface area contributed by atoms with Crippen molar-refractivity contribution in [3.05, 3.63) is 155 Å². The number of hydrogen-bond donors (Lipinski definition) is 0. The molecule has 4 heterocycles. The number of nitrogens with zero attached hydrogens (tertiary/aromatic N) is 6. The van der Waals surface area contributed by atoms with Gasteiger partial charge in [-0.15, -0.1) is 0 Å². The van der Waals surface area contributed by atoms with Gasteiger partial charge in [-0.05, 0) is 146 Å². The zero-order chi connectivity index (χ0) is 35.0. The quantitative estimate of drug-likeness (QED) is 0.186. The Morgan fingerprint density at radius 3 is 1.37 bits per heavy atom. The van der Waals surface area contributed by atoms with Gasteiger partial charge in [0.25, 0.3) is 0 Å². The van der Waals surface area contributed by atoms with Crippen LogP contribution in [0.5, 0.6) is 0 Å². The fourth-order valence-corrected chi connectivity index (χ4v) is 8.13. The van der Waals surface area contributed by atoms with Gasteiger partial charge in [-0.2, -0.15) is 10.2 Å². The van der Waals surface area contributed by atoms with Crippen molar-refractivity contribution in [1.82, 2.24) is 29.5 Å². The summed E-state index contributed by atoms with van der Waals surface area (Å²) >= 11 is 0. The van der Waals surface area contributed by atoms with Gasteiger partial charge in [-0.3, -0.25) is 0 Å². The van der Waals surface area contributed by atoms with Gasteiger partial charge in [-0.1, -0.05) is 72.8 Å². The van der Waals surface area contributed by atoms with Crippen molar-refractivity contribution in [1.29, 1.82) is 0 Å². The highest BCUT2D eigenvalue weighted by atomic mass is 15.3. The molecular formula is C46H42N6. The van der Waals surface area contributed by atoms with Crippen molar-refractivity contribution in [2.24, 2.45) is 0 Å². The van der Waals surface area contributed by atoms with Crippen LogP contribution in [0.3, 0.4) is 0 Å². The Bertz CT molecular complexity index is 2390. The van der Waals surface area contributed by atoms with Crippen LogP contribution in [-0.2, 0) is 25.7 Å². The normalized spacial score (nSPS) is 13.7. The molecule has 0 fully saturated rings. The average molecular weight is 679 g/mol. The van der Waals surface area contributed by atoms with E-state index in [1.807, 2.05) is 72.0 Å². The van der Waals surface area contributed by atoms with Crippen molar-refractivity contribution in [2.75, 3.05) is 0 Å². The molecule has 0 spiro atoms. The van der Waals surface area contributed by atoms with Gasteiger partial charge in [-0.25, -0.2) is 19.3 Å². The summed E-state index contributed by atoms with van der Waals surface area (Å²) < 4.78 is 3.89. The lowest BCUT2D eigenvalue weighted by molar-refractivity contribution is 0.687. The third kappa shape index (κ3) is 6.08. The van der Waals surface area contributed by atoms with E-state index in [9.17, 15) is 0 Å². The molecule has 4 aromatic heterocycles. The molecule has 52 heavy (non-hydrogen) atoms. The third-order valence-corrected chi connectivity index (χ3v) is 10.7. The summed E-state index contributed by atoms with van der Waals surface area (Å²) in [6.45, 7) is 4.02. The topological polar surface area (TPSA) is 61.4 Å². The van der Waals surface area contributed by atoms with Gasteiger partial charge in [0, 0.05) is 22.2 Å². The van der Waals surface area contributed by atoms with Crippen molar-refractivity contribution in [2.45, 2.75) is 65.2 Å². The minimum atomic E-state index is 0.868. The number of pyridine rings is 2. The van der Waals surface area contributed by atoms with Gasteiger partial charge in [0.05, 0.1) is 23.4 Å². The molecule has 0 saturated heterocycles. The molecule has 256 valence electrons. The first-order valence-electron chi connectivity index (χ1n) is 18.6. The first-order valence-corrected chi connectivity index (χ1v) is 18.6. The SMILES string of the molecule is Cc1cccc(-n2ncc3ccc(-c4cccc5c4CCCC5)cc32)n1.Cc1cccc(-n2ncc3ccc(-c4cccc5c4CCCC5)cc32)n1. The monoisotopic (exact) mass is 678 g/mol. The van der Waals surface area contributed by atoms with Crippen LogP contribution >= 0.6 is 0 Å². The number of aryl methyl sites for hydroxylation is 4. The molecule has 10 rings (SSSR count). The van der Waals surface area contributed by atoms with Crippen molar-refractivity contribution in [3.8, 4) is 33.9 Å². The molecule has 0 unspecified atom stereocenters. The van der Waals surface area contributed by atoms with Crippen LogP contribution in [0.15, 0.2) is 122 Å². The van der Waals surface area contributed by atoms with E-state index in [0.29, 0.717) is 0 Å². The highest BCUT2D eigenvalue weighted by molar-refractivity contribution is 5.87. The summed E-state index contributed by atoms with van der Waals surface area (Å²) in [5.74, 6) is 1.74. The summed E-state index contributed by atoms with van der Waals surface area (Å²) in [6, 6.07) is 38.9. The lowest BCUT2D eigenvalue weighted by Gasteiger charge is -2.19. The molecule has 0 radical (unpaired) electrons. The summed E-state index contributed by atoms with van der Waals surface area (Å²) in [5.41, 5.74) is 15.6. The molecule has 2 aliphatic carbocycles. The van der Waals surface area contributed by atoms with Crippen molar-refractivity contribution < 1.29 is 0 Å². The maximum absolute atomic E-state index is 4.64. The molecule has 8 aromatic rings. The van der Waals surface area contributed by atoms with Gasteiger partial charge in [0.2, 0.25) is 0 Å². The molecule has 2 aliphatic rings. The van der Waals surface area contributed by atoms with Crippen LogP contribution in [0.25, 0.3) is 55.7 Å². The maximum atomic E-state index is 4.64. The zero-order valence-corrected chi connectivity index (χ0v) is 29.9. The Morgan fingerprint density at radius 2 is 0.904 bits per heavy atom. The standard InChI is InChI=1S/2C23H21N3/c2*1-16-6-4-11-23(25-16)26-22-14-18(12-13-19(22)15-24-26)21-10-5-8-17-7-2-3-9-20(17)21/h2*4-6,8,10-15H,2-3,7,9H2,1H3. The summed E-state index contributed by atoms with van der Waals surface area (Å²) in [7, 11) is 0. The van der Waals surface area contributed by atoms with Gasteiger partial charge >= 0.3 is 0 Å². The van der Waals surface area contributed by atoms with Crippen LogP contribution in [0.2, 0.25) is 0 Å². The molecule has 4 aromatic carbocycles. The maximum Gasteiger partial charge on any atom is 0.154 e. The Morgan fingerprint density at radius 1 is 0.462 bits per heavy atom. The van der Waals surface area contributed by atoms with Gasteiger partial charge < -0.3 is 0 Å². The third-order valence-electron chi connectivity index (χ3n) is 10.7. The van der Waals surface area contributed by atoms with Crippen LogP contribution < -0.4 is 0 Å². The number of fused-ring (bicyclic) bond motifs is 4. The van der Waals surface area contributed by atoms with E-state index in [4.69, 9.17) is 0 Å². The van der Waals surface area contributed by atoms with E-state index in [1.165, 1.54) is 95.9 Å². The van der Waals surface area contributed by atoms with Gasteiger partial charge in [0.15, 0.2) is 11.6 Å². The predicted octanol–water partition coefficient (Wildman–Crippen LogP) is 10.5. The number of benzene rings is 4. The smallest absolute Gasteiger partial charge is 0.154 e. The van der Waals surface area contributed by atoms with Crippen LogP contribution in [-0.4, -0.2) is 29.5 Å². The minimum absolute atomic E-state index is 0.868. The molecule has 0 amide bonds. The minimum Gasteiger partial charge on any atom is -0.234 e. The first-order chi connectivity index (χ1) is 25.6. The van der Waals surface area contributed by atoms with E-state index in [0.717, 1.165) is 44.8 Å². The highest BCUT2D eigenvalue weighted by Crippen LogP contribution is 2.35. The molecule has 0 N–H and O–H groups in total. The average Bonchev–Trinajstić information content (AvgIpc) is 3.82. The van der Waals surface area contributed by atoms with Crippen molar-refractivity contribution >= 4 is 21.8 Å². The summed E-state index contributed by atoms with van der Waals surface area (Å²) in [5, 5.41) is 11.4. The number of rotatable bonds is 4. The van der Waals surface area contributed by atoms with E-state index in [1.54, 1.807) is 0 Å². The molecule has 0 aliphatic heterocycles. The largest absolute Gasteiger partial charge is 0.234 e. The lowest BCUT2D eigenvalue weighted by Crippen LogP contribution is -2.04. The number of aromatic nitrogens is 6. The number of hydrogen-bond acceptors (Lipinski definition) is 4. The summed E-state index contributed by atoms with van der Waals surface area (Å²) in [4.78, 5) is 9.28. The Kier molecular flexibility index (Phi) is 8.43. The van der Waals surface area contributed by atoms with Crippen LogP contribution in [0.1, 0.15) is 59.3 Å². The fourth-order valence-electron chi connectivity index (χ4n) is 8.13. The second kappa shape index (κ2) is 13.7. The molecule has 6 nitrogen and oxygen atoms in total. The van der Waals surface area contributed by atoms with Crippen LogP contribution in [0, 0.1) is 13.8 Å². The molecular weight excluding hydrogens is 637 g/mol. The second-order valence-electron chi connectivity index (χ2n) is 14.2. The van der Waals surface area contributed by atoms with E-state index < -0.39 is 0 Å². The molecule has 0 bridgehead atoms. The highest BCUT2D eigenvalue weighted by Gasteiger charge is 2.17. The molecule has 0 atom stereocenters. The first kappa shape index (κ1) is 32.1. The fraction of sp³-hybridized carbons (Fsp3) is 0.217. The predicted molar refractivity (Wildman–Crippen MR) is 211 cm³/mol. The second-order valence-corrected chi connectivity index (χ2v) is 14.2. The Labute approximate surface area is 304 Å².